The minimum absolute atomic E-state index is 0.0297. The van der Waals surface area contributed by atoms with Crippen molar-refractivity contribution in [3.8, 4) is 11.5 Å². The molecule has 6 rings (SSSR count). The van der Waals surface area contributed by atoms with Gasteiger partial charge >= 0.3 is 5.91 Å². The number of ether oxygens (including phenoxy) is 2. The fraction of sp³-hybridized carbons (Fsp3) is 0.200. The van der Waals surface area contributed by atoms with Gasteiger partial charge in [0.25, 0.3) is 5.78 Å². The zero-order valence-electron chi connectivity index (χ0n) is 22.3. The van der Waals surface area contributed by atoms with Gasteiger partial charge in [-0.15, -0.1) is 10.2 Å². The summed E-state index contributed by atoms with van der Waals surface area (Å²) in [6.07, 6.45) is 0. The molecule has 1 amide bonds. The number of hydrogen-bond acceptors (Lipinski definition) is 10. The van der Waals surface area contributed by atoms with Gasteiger partial charge in [0.1, 0.15) is 19.0 Å². The largest absolute Gasteiger partial charge is 0.507 e. The second kappa shape index (κ2) is 11.3. The van der Waals surface area contributed by atoms with Crippen molar-refractivity contribution >= 4 is 51.4 Å². The van der Waals surface area contributed by atoms with Crippen molar-refractivity contribution in [2.45, 2.75) is 16.1 Å². The smallest absolute Gasteiger partial charge is 0.301 e. The van der Waals surface area contributed by atoms with E-state index < -0.39 is 17.7 Å². The summed E-state index contributed by atoms with van der Waals surface area (Å²) in [5.74, 6) is -0.167. The lowest BCUT2D eigenvalue weighted by Gasteiger charge is -2.23. The first-order valence-electron chi connectivity index (χ1n) is 12.9. The number of aliphatic hydroxyl groups is 1. The van der Waals surface area contributed by atoms with E-state index in [1.54, 1.807) is 18.2 Å². The molecule has 208 valence electrons. The lowest BCUT2D eigenvalue weighted by atomic mass is 9.95. The predicted molar refractivity (Wildman–Crippen MR) is 159 cm³/mol. The van der Waals surface area contributed by atoms with Crippen LogP contribution in [-0.2, 0) is 15.3 Å². The highest BCUT2D eigenvalue weighted by molar-refractivity contribution is 8.00. The number of amides is 1. The van der Waals surface area contributed by atoms with E-state index >= 15 is 0 Å². The Morgan fingerprint density at radius 3 is 2.46 bits per heavy atom. The quantitative estimate of drug-likeness (QED) is 0.102. The number of carbonyl (C=O) groups is 2. The van der Waals surface area contributed by atoms with E-state index in [1.807, 2.05) is 73.6 Å². The van der Waals surface area contributed by atoms with Crippen molar-refractivity contribution in [2.24, 2.45) is 0 Å². The SMILES string of the molecule is CN(C)c1ccc(C2C(=C(O)c3ccc4c(c3)OCCO4)C(=O)C(=O)N2c2nnc(SCc3ccccc3)s2)cc1. The van der Waals surface area contributed by atoms with Gasteiger partial charge in [-0.25, -0.2) is 0 Å². The van der Waals surface area contributed by atoms with Gasteiger partial charge in [0.05, 0.1) is 11.6 Å². The van der Waals surface area contributed by atoms with E-state index in [4.69, 9.17) is 9.47 Å². The molecule has 0 bridgehead atoms. The molecule has 2 aliphatic heterocycles. The molecule has 2 aliphatic rings. The molecule has 1 fully saturated rings. The van der Waals surface area contributed by atoms with Crippen LogP contribution in [0.5, 0.6) is 11.5 Å². The van der Waals surface area contributed by atoms with Crippen LogP contribution < -0.4 is 19.3 Å². The highest BCUT2D eigenvalue weighted by Gasteiger charge is 2.48. The minimum atomic E-state index is -0.903. The number of thioether (sulfide) groups is 1. The van der Waals surface area contributed by atoms with Crippen LogP contribution in [0.25, 0.3) is 5.76 Å². The van der Waals surface area contributed by atoms with Crippen molar-refractivity contribution < 1.29 is 24.2 Å². The molecular weight excluding hydrogens is 560 g/mol. The molecule has 0 radical (unpaired) electrons. The van der Waals surface area contributed by atoms with Crippen LogP contribution in [0.3, 0.4) is 0 Å². The molecule has 1 atom stereocenters. The third-order valence-corrected chi connectivity index (χ3v) is 8.92. The first-order chi connectivity index (χ1) is 19.9. The Morgan fingerprint density at radius 1 is 1.00 bits per heavy atom. The summed E-state index contributed by atoms with van der Waals surface area (Å²) in [6.45, 7) is 0.807. The average molecular weight is 587 g/mol. The monoisotopic (exact) mass is 586 g/mol. The minimum Gasteiger partial charge on any atom is -0.507 e. The van der Waals surface area contributed by atoms with Gasteiger partial charge in [0, 0.05) is 31.1 Å². The second-order valence-electron chi connectivity index (χ2n) is 9.64. The van der Waals surface area contributed by atoms with Gasteiger partial charge in [-0.2, -0.15) is 0 Å². The highest BCUT2D eigenvalue weighted by Crippen LogP contribution is 2.45. The number of ketones is 1. The van der Waals surface area contributed by atoms with Crippen LogP contribution in [0, 0.1) is 0 Å². The van der Waals surface area contributed by atoms with E-state index in [2.05, 4.69) is 10.2 Å². The van der Waals surface area contributed by atoms with Gasteiger partial charge in [0.15, 0.2) is 15.8 Å². The Kier molecular flexibility index (Phi) is 7.38. The van der Waals surface area contributed by atoms with Crippen LogP contribution in [0.1, 0.15) is 22.7 Å². The number of nitrogens with zero attached hydrogens (tertiary/aromatic N) is 4. The molecule has 0 spiro atoms. The zero-order valence-corrected chi connectivity index (χ0v) is 23.9. The summed E-state index contributed by atoms with van der Waals surface area (Å²) in [5.41, 5.74) is 3.06. The molecule has 0 aliphatic carbocycles. The van der Waals surface area contributed by atoms with E-state index in [-0.39, 0.29) is 16.5 Å². The van der Waals surface area contributed by atoms with Crippen LogP contribution in [0.2, 0.25) is 0 Å². The van der Waals surface area contributed by atoms with Crippen LogP contribution >= 0.6 is 23.1 Å². The number of benzene rings is 3. The van der Waals surface area contributed by atoms with Gasteiger partial charge in [0.2, 0.25) is 5.13 Å². The summed E-state index contributed by atoms with van der Waals surface area (Å²) in [5, 5.41) is 20.4. The summed E-state index contributed by atoms with van der Waals surface area (Å²) in [6, 6.07) is 21.5. The summed E-state index contributed by atoms with van der Waals surface area (Å²) < 4.78 is 11.9. The molecule has 11 heteroatoms. The van der Waals surface area contributed by atoms with Crippen molar-refractivity contribution in [1.82, 2.24) is 10.2 Å². The van der Waals surface area contributed by atoms with Gasteiger partial charge in [-0.05, 0) is 41.5 Å². The molecule has 41 heavy (non-hydrogen) atoms. The lowest BCUT2D eigenvalue weighted by Crippen LogP contribution is -2.29. The number of aliphatic hydroxyl groups excluding tert-OH is 1. The Labute approximate surface area is 245 Å². The molecule has 1 saturated heterocycles. The maximum absolute atomic E-state index is 13.5. The fourth-order valence-corrected chi connectivity index (χ4v) is 6.55. The molecule has 1 N–H and O–H groups in total. The van der Waals surface area contributed by atoms with Crippen molar-refractivity contribution in [3.63, 3.8) is 0 Å². The summed E-state index contributed by atoms with van der Waals surface area (Å²) in [4.78, 5) is 30.4. The second-order valence-corrected chi connectivity index (χ2v) is 11.8. The third kappa shape index (κ3) is 5.25. The molecule has 9 nitrogen and oxygen atoms in total. The topological polar surface area (TPSA) is 105 Å². The van der Waals surface area contributed by atoms with Gasteiger partial charge in [-0.3, -0.25) is 14.5 Å². The Morgan fingerprint density at radius 2 is 1.73 bits per heavy atom. The Hall–Kier alpha value is -4.35. The number of fused-ring (bicyclic) bond motifs is 1. The molecule has 3 heterocycles. The molecule has 0 saturated carbocycles. The first-order valence-corrected chi connectivity index (χ1v) is 14.7. The number of aromatic nitrogens is 2. The van der Waals surface area contributed by atoms with Gasteiger partial charge in [-0.1, -0.05) is 65.6 Å². The Bertz CT molecular complexity index is 1640. The molecule has 3 aromatic carbocycles. The van der Waals surface area contributed by atoms with E-state index in [0.717, 1.165) is 11.3 Å². The van der Waals surface area contributed by atoms with E-state index in [0.29, 0.717) is 45.9 Å². The van der Waals surface area contributed by atoms with Crippen molar-refractivity contribution in [1.29, 1.82) is 0 Å². The van der Waals surface area contributed by atoms with Crippen LogP contribution in [0.4, 0.5) is 10.8 Å². The van der Waals surface area contributed by atoms with Crippen molar-refractivity contribution in [2.75, 3.05) is 37.1 Å². The lowest BCUT2D eigenvalue weighted by molar-refractivity contribution is -0.132. The van der Waals surface area contributed by atoms with E-state index in [1.165, 1.54) is 28.0 Å². The predicted octanol–water partition coefficient (Wildman–Crippen LogP) is 5.29. The highest BCUT2D eigenvalue weighted by atomic mass is 32.2. The normalized spacial score (nSPS) is 17.6. The first kappa shape index (κ1) is 26.9. The summed E-state index contributed by atoms with van der Waals surface area (Å²) >= 11 is 2.74. The van der Waals surface area contributed by atoms with Crippen molar-refractivity contribution in [3.05, 3.63) is 95.1 Å². The standard InChI is InChI=1S/C30H26N4O5S2/c1-33(2)21-11-8-19(9-12-21)25-24(26(35)20-10-13-22-23(16-20)39-15-14-38-22)27(36)28(37)34(25)29-31-32-30(41-29)40-17-18-6-4-3-5-7-18/h3-13,16,25,35H,14-15,17H2,1-2H3. The van der Waals surface area contributed by atoms with Crippen LogP contribution in [-0.4, -0.2) is 54.3 Å². The number of carbonyl (C=O) groups excluding carboxylic acids is 2. The fourth-order valence-electron chi connectivity index (χ4n) is 4.72. The van der Waals surface area contributed by atoms with Crippen LogP contribution in [0.15, 0.2) is 82.7 Å². The number of Topliss-reactive ketones (excluding diaryl/α,β-unsaturated/α-hetero) is 1. The maximum Gasteiger partial charge on any atom is 0.301 e. The molecular formula is C30H26N4O5S2. The molecule has 1 unspecified atom stereocenters. The maximum atomic E-state index is 13.5. The summed E-state index contributed by atoms with van der Waals surface area (Å²) in [7, 11) is 3.86. The zero-order chi connectivity index (χ0) is 28.5. The number of rotatable bonds is 7. The number of anilines is 2. The Balaban J connectivity index is 1.40. The molecule has 1 aromatic heterocycles. The van der Waals surface area contributed by atoms with Gasteiger partial charge < -0.3 is 19.5 Å². The number of hydrogen-bond donors (Lipinski definition) is 1. The van der Waals surface area contributed by atoms with E-state index in [9.17, 15) is 14.7 Å². The third-order valence-electron chi connectivity index (χ3n) is 6.79. The molecule has 4 aromatic rings. The average Bonchev–Trinajstić information content (AvgIpc) is 3.57.